The van der Waals surface area contributed by atoms with Crippen molar-refractivity contribution in [2.45, 2.75) is 65.9 Å². The van der Waals surface area contributed by atoms with Gasteiger partial charge in [-0.1, -0.05) is 26.7 Å². The van der Waals surface area contributed by atoms with Crippen molar-refractivity contribution in [3.63, 3.8) is 0 Å². The molecule has 3 nitrogen and oxygen atoms in total. The Morgan fingerprint density at radius 3 is 2.31 bits per heavy atom. The molecule has 1 unspecified atom stereocenters. The van der Waals surface area contributed by atoms with E-state index < -0.39 is 11.4 Å². The molecule has 0 heterocycles. The van der Waals surface area contributed by atoms with Gasteiger partial charge in [0.15, 0.2) is 0 Å². The summed E-state index contributed by atoms with van der Waals surface area (Å²) in [4.78, 5) is 11.4. The Morgan fingerprint density at radius 1 is 1.31 bits per heavy atom. The summed E-state index contributed by atoms with van der Waals surface area (Å²) >= 11 is 0. The van der Waals surface area contributed by atoms with Crippen LogP contribution in [-0.4, -0.2) is 23.8 Å². The average molecular weight is 230 g/mol. The van der Waals surface area contributed by atoms with Crippen LogP contribution in [0.5, 0.6) is 0 Å². The molecule has 0 bridgehead atoms. The first-order chi connectivity index (χ1) is 7.48. The normalized spacial score (nSPS) is 15.1. The van der Waals surface area contributed by atoms with Gasteiger partial charge in [0, 0.05) is 6.61 Å². The molecule has 3 heteroatoms. The lowest BCUT2D eigenvalue weighted by molar-refractivity contribution is -0.151. The second-order valence-electron chi connectivity index (χ2n) is 4.71. The smallest absolute Gasteiger partial charge is 0.309 e. The van der Waals surface area contributed by atoms with E-state index >= 15 is 0 Å². The summed E-state index contributed by atoms with van der Waals surface area (Å²) < 4.78 is 5.47. The van der Waals surface area contributed by atoms with Gasteiger partial charge in [-0.25, -0.2) is 0 Å². The Labute approximate surface area is 99.2 Å². The molecule has 0 aliphatic rings. The van der Waals surface area contributed by atoms with E-state index in [1.165, 1.54) is 0 Å². The quantitative estimate of drug-likeness (QED) is 0.659. The summed E-state index contributed by atoms with van der Waals surface area (Å²) in [7, 11) is 0. The summed E-state index contributed by atoms with van der Waals surface area (Å²) in [5.41, 5.74) is -0.578. The van der Waals surface area contributed by atoms with Crippen LogP contribution in [0.25, 0.3) is 0 Å². The molecule has 1 atom stereocenters. The minimum absolute atomic E-state index is 0.175. The van der Waals surface area contributed by atoms with Gasteiger partial charge in [-0.3, -0.25) is 4.79 Å². The van der Waals surface area contributed by atoms with Gasteiger partial charge in [-0.05, 0) is 33.1 Å². The monoisotopic (exact) mass is 230 g/mol. The molecule has 0 saturated heterocycles. The maximum absolute atomic E-state index is 11.4. The number of carboxylic acids is 1. The zero-order chi connectivity index (χ0) is 12.6. The number of hydrogen-bond donors (Lipinski definition) is 1. The van der Waals surface area contributed by atoms with Gasteiger partial charge in [-0.2, -0.15) is 0 Å². The molecule has 0 aromatic heterocycles. The maximum atomic E-state index is 11.4. The van der Waals surface area contributed by atoms with Crippen molar-refractivity contribution < 1.29 is 14.6 Å². The first kappa shape index (κ1) is 15.4. The third-order valence-electron chi connectivity index (χ3n) is 3.17. The Balaban J connectivity index is 4.33. The summed E-state index contributed by atoms with van der Waals surface area (Å²) in [6, 6.07) is 0. The summed E-state index contributed by atoms with van der Waals surface area (Å²) in [5, 5.41) is 9.36. The van der Waals surface area contributed by atoms with Crippen LogP contribution in [-0.2, 0) is 9.53 Å². The van der Waals surface area contributed by atoms with E-state index in [2.05, 4.69) is 6.92 Å². The van der Waals surface area contributed by atoms with Crippen LogP contribution < -0.4 is 0 Å². The minimum Gasteiger partial charge on any atom is -0.481 e. The number of unbranched alkanes of at least 4 members (excludes halogenated alkanes) is 1. The predicted molar refractivity (Wildman–Crippen MR) is 65.6 cm³/mol. The van der Waals surface area contributed by atoms with E-state index in [0.717, 1.165) is 19.3 Å². The van der Waals surface area contributed by atoms with Crippen molar-refractivity contribution in [3.05, 3.63) is 0 Å². The first-order valence-corrected chi connectivity index (χ1v) is 6.33. The Bertz CT molecular complexity index is 201. The summed E-state index contributed by atoms with van der Waals surface area (Å²) in [6.07, 6.45) is 4.26. The Hall–Kier alpha value is -0.570. The highest BCUT2D eigenvalue weighted by atomic mass is 16.5. The van der Waals surface area contributed by atoms with Crippen LogP contribution in [0.4, 0.5) is 0 Å². The maximum Gasteiger partial charge on any atom is 0.309 e. The third kappa shape index (κ3) is 4.97. The van der Waals surface area contributed by atoms with Gasteiger partial charge in [0.05, 0.1) is 11.5 Å². The van der Waals surface area contributed by atoms with Crippen LogP contribution in [0.15, 0.2) is 0 Å². The number of hydrogen-bond acceptors (Lipinski definition) is 2. The topological polar surface area (TPSA) is 46.5 Å². The predicted octanol–water partition coefficient (Wildman–Crippen LogP) is 3.47. The van der Waals surface area contributed by atoms with E-state index in [-0.39, 0.29) is 6.10 Å². The lowest BCUT2D eigenvalue weighted by Gasteiger charge is -2.28. The average Bonchev–Trinajstić information content (AvgIpc) is 2.22. The lowest BCUT2D eigenvalue weighted by atomic mass is 9.77. The summed E-state index contributed by atoms with van der Waals surface area (Å²) in [5.74, 6) is -0.671. The molecule has 0 fully saturated rings. The van der Waals surface area contributed by atoms with Crippen molar-refractivity contribution in [2.75, 3.05) is 6.61 Å². The van der Waals surface area contributed by atoms with Gasteiger partial charge in [-0.15, -0.1) is 0 Å². The highest BCUT2D eigenvalue weighted by Crippen LogP contribution is 2.33. The highest BCUT2D eigenvalue weighted by Gasteiger charge is 2.35. The van der Waals surface area contributed by atoms with E-state index in [0.29, 0.717) is 19.4 Å². The van der Waals surface area contributed by atoms with E-state index in [1.807, 2.05) is 20.8 Å². The van der Waals surface area contributed by atoms with E-state index in [1.54, 1.807) is 0 Å². The number of carbonyl (C=O) groups is 1. The fraction of sp³-hybridized carbons (Fsp3) is 0.923. The molecule has 16 heavy (non-hydrogen) atoms. The van der Waals surface area contributed by atoms with Crippen molar-refractivity contribution in [2.24, 2.45) is 5.41 Å². The number of ether oxygens (including phenoxy) is 1. The van der Waals surface area contributed by atoms with Gasteiger partial charge < -0.3 is 9.84 Å². The molecule has 0 aliphatic carbocycles. The molecular formula is C13H26O3. The van der Waals surface area contributed by atoms with Gasteiger partial charge >= 0.3 is 5.97 Å². The molecule has 0 saturated carbocycles. The second-order valence-corrected chi connectivity index (χ2v) is 4.71. The van der Waals surface area contributed by atoms with Crippen molar-refractivity contribution in [1.82, 2.24) is 0 Å². The standard InChI is InChI=1S/C13H26O3/c1-5-7-8-13(6-2,12(14)15)9-10-16-11(3)4/h11H,5-10H2,1-4H3,(H,14,15). The molecule has 0 spiro atoms. The Morgan fingerprint density at radius 2 is 1.94 bits per heavy atom. The van der Waals surface area contributed by atoms with Crippen LogP contribution in [0.1, 0.15) is 59.8 Å². The number of carboxylic acid groups (broad SMARTS) is 1. The van der Waals surface area contributed by atoms with Gasteiger partial charge in [0.2, 0.25) is 0 Å². The molecule has 0 aromatic carbocycles. The largest absolute Gasteiger partial charge is 0.481 e. The molecule has 0 aromatic rings. The zero-order valence-corrected chi connectivity index (χ0v) is 11.1. The number of aliphatic carboxylic acids is 1. The van der Waals surface area contributed by atoms with Crippen LogP contribution in [0, 0.1) is 5.41 Å². The van der Waals surface area contributed by atoms with E-state index in [4.69, 9.17) is 4.74 Å². The second kappa shape index (κ2) is 7.66. The van der Waals surface area contributed by atoms with Crippen LogP contribution >= 0.6 is 0 Å². The van der Waals surface area contributed by atoms with E-state index in [9.17, 15) is 9.90 Å². The molecule has 0 radical (unpaired) electrons. The molecule has 1 N–H and O–H groups in total. The highest BCUT2D eigenvalue weighted by molar-refractivity contribution is 5.74. The van der Waals surface area contributed by atoms with Crippen molar-refractivity contribution in [1.29, 1.82) is 0 Å². The van der Waals surface area contributed by atoms with Crippen LogP contribution in [0.3, 0.4) is 0 Å². The molecule has 0 amide bonds. The number of rotatable bonds is 9. The van der Waals surface area contributed by atoms with Crippen molar-refractivity contribution >= 4 is 5.97 Å². The van der Waals surface area contributed by atoms with Gasteiger partial charge in [0.1, 0.15) is 0 Å². The zero-order valence-electron chi connectivity index (χ0n) is 11.1. The molecule has 96 valence electrons. The van der Waals surface area contributed by atoms with Gasteiger partial charge in [0.25, 0.3) is 0 Å². The molecular weight excluding hydrogens is 204 g/mol. The fourth-order valence-corrected chi connectivity index (χ4v) is 1.85. The third-order valence-corrected chi connectivity index (χ3v) is 3.17. The SMILES string of the molecule is CCCCC(CC)(CCOC(C)C)C(=O)O. The molecule has 0 aliphatic heterocycles. The lowest BCUT2D eigenvalue weighted by Crippen LogP contribution is -2.32. The summed E-state index contributed by atoms with van der Waals surface area (Å²) in [6.45, 7) is 8.54. The molecule has 0 rings (SSSR count). The first-order valence-electron chi connectivity index (χ1n) is 6.33. The van der Waals surface area contributed by atoms with Crippen LogP contribution in [0.2, 0.25) is 0 Å². The Kier molecular flexibility index (Phi) is 7.39. The van der Waals surface area contributed by atoms with Crippen molar-refractivity contribution in [3.8, 4) is 0 Å². The fourth-order valence-electron chi connectivity index (χ4n) is 1.85. The minimum atomic E-state index is -0.671.